The van der Waals surface area contributed by atoms with Crippen LogP contribution >= 0.6 is 11.8 Å². The number of hydrogen-bond donors (Lipinski definition) is 1. The Balaban J connectivity index is 2.40. The summed E-state index contributed by atoms with van der Waals surface area (Å²) in [7, 11) is 0. The summed E-state index contributed by atoms with van der Waals surface area (Å²) in [5, 5.41) is 16.6. The molecule has 0 unspecified atom stereocenters. The molecule has 0 bridgehead atoms. The fourth-order valence-corrected chi connectivity index (χ4v) is 2.20. The van der Waals surface area contributed by atoms with Gasteiger partial charge in [0, 0.05) is 6.07 Å². The van der Waals surface area contributed by atoms with Gasteiger partial charge in [-0.1, -0.05) is 11.8 Å². The minimum Gasteiger partial charge on any atom is -0.481 e. The molecule has 1 N–H and O–H groups in total. The Morgan fingerprint density at radius 2 is 2.11 bits per heavy atom. The molecule has 5 nitrogen and oxygen atoms in total. The number of aliphatic carboxylic acids is 1. The summed E-state index contributed by atoms with van der Waals surface area (Å²) in [6.45, 7) is 1.64. The van der Waals surface area contributed by atoms with Gasteiger partial charge >= 0.3 is 5.97 Å². The van der Waals surface area contributed by atoms with Crippen LogP contribution in [0, 0.1) is 18.6 Å². The van der Waals surface area contributed by atoms with Crippen molar-refractivity contribution in [2.24, 2.45) is 0 Å². The molecule has 0 aliphatic carbocycles. The molecule has 0 fully saturated rings. The SMILES string of the molecule is Cc1nnc(SCC(=O)O)n1-c1ccc(F)c(F)c1. The van der Waals surface area contributed by atoms with E-state index in [1.54, 1.807) is 6.92 Å². The van der Waals surface area contributed by atoms with E-state index in [2.05, 4.69) is 10.2 Å². The molecule has 2 rings (SSSR count). The predicted octanol–water partition coefficient (Wildman–Crippen LogP) is 2.03. The van der Waals surface area contributed by atoms with Crippen LogP contribution < -0.4 is 0 Å². The molecular weight excluding hydrogens is 276 g/mol. The molecular formula is C11H9F2N3O2S. The summed E-state index contributed by atoms with van der Waals surface area (Å²) in [6.07, 6.45) is 0. The number of carbonyl (C=O) groups is 1. The van der Waals surface area contributed by atoms with Crippen molar-refractivity contribution < 1.29 is 18.7 Å². The van der Waals surface area contributed by atoms with Gasteiger partial charge in [-0.05, 0) is 19.1 Å². The van der Waals surface area contributed by atoms with E-state index in [0.717, 1.165) is 23.9 Å². The third-order valence-electron chi connectivity index (χ3n) is 2.28. The van der Waals surface area contributed by atoms with Crippen molar-refractivity contribution in [1.29, 1.82) is 0 Å². The van der Waals surface area contributed by atoms with Crippen LogP contribution in [0.5, 0.6) is 0 Å². The molecule has 0 aliphatic rings. The summed E-state index contributed by atoms with van der Waals surface area (Å²) >= 11 is 0.954. The Morgan fingerprint density at radius 3 is 2.74 bits per heavy atom. The lowest BCUT2D eigenvalue weighted by Gasteiger charge is -2.07. The van der Waals surface area contributed by atoms with Gasteiger partial charge in [-0.3, -0.25) is 9.36 Å². The van der Waals surface area contributed by atoms with Crippen LogP contribution in [0.1, 0.15) is 5.82 Å². The fourth-order valence-electron chi connectivity index (χ4n) is 1.48. The first-order chi connectivity index (χ1) is 8.99. The molecule has 0 amide bonds. The molecule has 2 aromatic rings. The molecule has 1 aromatic heterocycles. The Hall–Kier alpha value is -1.96. The first kappa shape index (κ1) is 13.5. The number of benzene rings is 1. The third kappa shape index (κ3) is 2.90. The van der Waals surface area contributed by atoms with Crippen molar-refractivity contribution in [3.8, 4) is 5.69 Å². The average molecular weight is 285 g/mol. The quantitative estimate of drug-likeness (QED) is 0.871. The normalized spacial score (nSPS) is 10.7. The molecule has 1 aromatic carbocycles. The number of carboxylic acids is 1. The maximum atomic E-state index is 13.2. The smallest absolute Gasteiger partial charge is 0.313 e. The van der Waals surface area contributed by atoms with Crippen LogP contribution in [0.15, 0.2) is 23.4 Å². The van der Waals surface area contributed by atoms with E-state index in [-0.39, 0.29) is 5.75 Å². The van der Waals surface area contributed by atoms with Gasteiger partial charge in [-0.2, -0.15) is 0 Å². The van der Waals surface area contributed by atoms with E-state index in [1.165, 1.54) is 10.6 Å². The summed E-state index contributed by atoms with van der Waals surface area (Å²) < 4.78 is 27.6. The molecule has 0 aliphatic heterocycles. The van der Waals surface area contributed by atoms with Crippen molar-refractivity contribution in [2.45, 2.75) is 12.1 Å². The summed E-state index contributed by atoms with van der Waals surface area (Å²) in [4.78, 5) is 10.5. The lowest BCUT2D eigenvalue weighted by molar-refractivity contribution is -0.133. The van der Waals surface area contributed by atoms with Crippen LogP contribution in [0.4, 0.5) is 8.78 Å². The number of carboxylic acid groups (broad SMARTS) is 1. The van der Waals surface area contributed by atoms with Crippen molar-refractivity contribution >= 4 is 17.7 Å². The zero-order valence-electron chi connectivity index (χ0n) is 9.80. The predicted molar refractivity (Wildman–Crippen MR) is 64.4 cm³/mol. The zero-order chi connectivity index (χ0) is 14.0. The lowest BCUT2D eigenvalue weighted by atomic mass is 10.3. The van der Waals surface area contributed by atoms with E-state index >= 15 is 0 Å². The minimum absolute atomic E-state index is 0.193. The summed E-state index contributed by atoms with van der Waals surface area (Å²) in [5.41, 5.74) is 0.342. The van der Waals surface area contributed by atoms with E-state index in [1.807, 2.05) is 0 Å². The van der Waals surface area contributed by atoms with Crippen LogP contribution in [0.3, 0.4) is 0 Å². The van der Waals surface area contributed by atoms with Crippen molar-refractivity contribution in [3.05, 3.63) is 35.7 Å². The van der Waals surface area contributed by atoms with Gasteiger partial charge in [0.15, 0.2) is 16.8 Å². The zero-order valence-corrected chi connectivity index (χ0v) is 10.6. The molecule has 8 heteroatoms. The second kappa shape index (κ2) is 5.35. The van der Waals surface area contributed by atoms with Gasteiger partial charge < -0.3 is 5.11 Å². The maximum Gasteiger partial charge on any atom is 0.313 e. The van der Waals surface area contributed by atoms with Gasteiger partial charge in [0.2, 0.25) is 0 Å². The van der Waals surface area contributed by atoms with Gasteiger partial charge in [0.25, 0.3) is 0 Å². The van der Waals surface area contributed by atoms with Crippen molar-refractivity contribution in [2.75, 3.05) is 5.75 Å². The number of aryl methyl sites for hydroxylation is 1. The number of thioether (sulfide) groups is 1. The average Bonchev–Trinajstić information content (AvgIpc) is 2.71. The fraction of sp³-hybridized carbons (Fsp3) is 0.182. The number of halogens is 2. The van der Waals surface area contributed by atoms with E-state index in [4.69, 9.17) is 5.11 Å². The van der Waals surface area contributed by atoms with Gasteiger partial charge in [-0.15, -0.1) is 10.2 Å². The van der Waals surface area contributed by atoms with Crippen LogP contribution in [-0.2, 0) is 4.79 Å². The molecule has 0 spiro atoms. The Labute approximate surface area is 111 Å². The minimum atomic E-state index is -0.998. The van der Waals surface area contributed by atoms with Crippen molar-refractivity contribution in [1.82, 2.24) is 14.8 Å². The topological polar surface area (TPSA) is 68.0 Å². The molecule has 19 heavy (non-hydrogen) atoms. The second-order valence-electron chi connectivity index (χ2n) is 3.65. The Bertz CT molecular complexity index is 630. The number of hydrogen-bond acceptors (Lipinski definition) is 4. The molecule has 0 radical (unpaired) electrons. The number of nitrogens with zero attached hydrogens (tertiary/aromatic N) is 3. The van der Waals surface area contributed by atoms with Gasteiger partial charge in [0.1, 0.15) is 5.82 Å². The Kier molecular flexibility index (Phi) is 3.79. The van der Waals surface area contributed by atoms with E-state index < -0.39 is 17.6 Å². The van der Waals surface area contributed by atoms with Crippen LogP contribution in [0.25, 0.3) is 5.69 Å². The molecule has 100 valence electrons. The van der Waals surface area contributed by atoms with E-state index in [9.17, 15) is 13.6 Å². The second-order valence-corrected chi connectivity index (χ2v) is 4.59. The highest BCUT2D eigenvalue weighted by Gasteiger charge is 2.14. The van der Waals surface area contributed by atoms with Crippen LogP contribution in [0.2, 0.25) is 0 Å². The highest BCUT2D eigenvalue weighted by Crippen LogP contribution is 2.22. The summed E-state index contributed by atoms with van der Waals surface area (Å²) in [5.74, 6) is -2.67. The van der Waals surface area contributed by atoms with Crippen molar-refractivity contribution in [3.63, 3.8) is 0 Å². The highest BCUT2D eigenvalue weighted by atomic mass is 32.2. The van der Waals surface area contributed by atoms with Gasteiger partial charge in [-0.25, -0.2) is 8.78 Å². The van der Waals surface area contributed by atoms with Gasteiger partial charge in [0.05, 0.1) is 11.4 Å². The molecule has 1 heterocycles. The molecule has 0 atom stereocenters. The Morgan fingerprint density at radius 1 is 1.37 bits per heavy atom. The molecule has 0 saturated heterocycles. The largest absolute Gasteiger partial charge is 0.481 e. The number of rotatable bonds is 4. The van der Waals surface area contributed by atoms with Crippen LogP contribution in [-0.4, -0.2) is 31.6 Å². The molecule has 0 saturated carbocycles. The monoisotopic (exact) mass is 285 g/mol. The number of aromatic nitrogens is 3. The lowest BCUT2D eigenvalue weighted by Crippen LogP contribution is -2.03. The maximum absolute atomic E-state index is 13.2. The standard InChI is InChI=1S/C11H9F2N3O2S/c1-6-14-15-11(19-5-10(17)18)16(6)7-2-3-8(12)9(13)4-7/h2-4H,5H2,1H3,(H,17,18). The first-order valence-electron chi connectivity index (χ1n) is 5.21. The third-order valence-corrected chi connectivity index (χ3v) is 3.19. The van der Waals surface area contributed by atoms with E-state index in [0.29, 0.717) is 16.7 Å². The summed E-state index contributed by atoms with van der Waals surface area (Å²) in [6, 6.07) is 3.38. The first-order valence-corrected chi connectivity index (χ1v) is 6.19. The highest BCUT2D eigenvalue weighted by molar-refractivity contribution is 7.99.